The largest absolute Gasteiger partial charge is 0.236 e. The molecule has 0 spiro atoms. The molecule has 1 aliphatic carbocycles. The molecule has 0 aliphatic heterocycles. The average molecular weight is 158 g/mol. The van der Waals surface area contributed by atoms with Gasteiger partial charge < -0.3 is 0 Å². The molecule has 1 saturated carbocycles. The Kier molecular flexibility index (Phi) is 3.34. The zero-order valence-corrected chi connectivity index (χ0v) is 7.56. The summed E-state index contributed by atoms with van der Waals surface area (Å²) in [6, 6.07) is 0. The van der Waals surface area contributed by atoms with Crippen molar-refractivity contribution in [2.45, 2.75) is 51.6 Å². The highest BCUT2D eigenvalue weighted by atomic mass is 17.2. The van der Waals surface area contributed by atoms with Crippen LogP contribution in [-0.4, -0.2) is 12.2 Å². The molecule has 0 atom stereocenters. The highest BCUT2D eigenvalue weighted by Crippen LogP contribution is 2.30. The third-order valence-electron chi connectivity index (χ3n) is 2.29. The van der Waals surface area contributed by atoms with Gasteiger partial charge in [0.05, 0.1) is 6.61 Å². The Morgan fingerprint density at radius 2 is 1.82 bits per heavy atom. The number of hydrogen-bond donors (Lipinski definition) is 0. The van der Waals surface area contributed by atoms with Crippen LogP contribution in [0.15, 0.2) is 0 Å². The van der Waals surface area contributed by atoms with Crippen molar-refractivity contribution >= 4 is 0 Å². The zero-order valence-electron chi connectivity index (χ0n) is 7.56. The number of rotatable bonds is 3. The predicted molar refractivity (Wildman–Crippen MR) is 44.2 cm³/mol. The summed E-state index contributed by atoms with van der Waals surface area (Å²) < 4.78 is 0. The van der Waals surface area contributed by atoms with Crippen molar-refractivity contribution in [1.29, 1.82) is 0 Å². The minimum absolute atomic E-state index is 0.00819. The molecule has 1 fully saturated rings. The van der Waals surface area contributed by atoms with Crippen molar-refractivity contribution < 1.29 is 9.78 Å². The van der Waals surface area contributed by atoms with E-state index in [1.54, 1.807) is 0 Å². The van der Waals surface area contributed by atoms with E-state index in [1.165, 1.54) is 19.3 Å². The minimum atomic E-state index is 0.00819. The monoisotopic (exact) mass is 158 g/mol. The van der Waals surface area contributed by atoms with Crippen molar-refractivity contribution in [3.63, 3.8) is 0 Å². The van der Waals surface area contributed by atoms with Crippen molar-refractivity contribution in [3.8, 4) is 0 Å². The lowest BCUT2D eigenvalue weighted by Crippen LogP contribution is -2.31. The summed E-state index contributed by atoms with van der Waals surface area (Å²) in [5.41, 5.74) is 0.00819. The smallest absolute Gasteiger partial charge is 0.101 e. The van der Waals surface area contributed by atoms with Crippen LogP contribution in [0, 0.1) is 0 Å². The van der Waals surface area contributed by atoms with Crippen molar-refractivity contribution in [2.75, 3.05) is 6.61 Å². The lowest BCUT2D eigenvalue weighted by Gasteiger charge is -2.31. The van der Waals surface area contributed by atoms with E-state index in [2.05, 4.69) is 6.92 Å². The second-order valence-electron chi connectivity index (χ2n) is 3.50. The molecule has 0 bridgehead atoms. The molecule has 0 N–H and O–H groups in total. The molecular formula is C9H18O2. The van der Waals surface area contributed by atoms with Gasteiger partial charge in [0.25, 0.3) is 0 Å². The van der Waals surface area contributed by atoms with E-state index in [9.17, 15) is 0 Å². The molecule has 11 heavy (non-hydrogen) atoms. The summed E-state index contributed by atoms with van der Waals surface area (Å²) in [6.07, 6.45) is 6.21. The number of hydrogen-bond acceptors (Lipinski definition) is 2. The fourth-order valence-corrected chi connectivity index (χ4v) is 1.58. The van der Waals surface area contributed by atoms with E-state index < -0.39 is 0 Å². The predicted octanol–water partition coefficient (Wildman–Crippen LogP) is 2.68. The topological polar surface area (TPSA) is 18.5 Å². The van der Waals surface area contributed by atoms with E-state index in [4.69, 9.17) is 9.78 Å². The maximum absolute atomic E-state index is 5.32. The van der Waals surface area contributed by atoms with Crippen molar-refractivity contribution in [3.05, 3.63) is 0 Å². The van der Waals surface area contributed by atoms with E-state index in [-0.39, 0.29) is 5.60 Å². The van der Waals surface area contributed by atoms with Gasteiger partial charge in [-0.25, -0.2) is 9.78 Å². The second kappa shape index (κ2) is 4.07. The maximum atomic E-state index is 5.32. The van der Waals surface area contributed by atoms with Crippen LogP contribution in [0.1, 0.15) is 46.0 Å². The van der Waals surface area contributed by atoms with Crippen LogP contribution in [0.3, 0.4) is 0 Å². The molecule has 0 radical (unpaired) electrons. The Morgan fingerprint density at radius 3 is 2.36 bits per heavy atom. The summed E-state index contributed by atoms with van der Waals surface area (Å²) >= 11 is 0. The highest BCUT2D eigenvalue weighted by molar-refractivity contribution is 4.77. The lowest BCUT2D eigenvalue weighted by molar-refractivity contribution is -0.360. The van der Waals surface area contributed by atoms with Crippen molar-refractivity contribution in [2.24, 2.45) is 0 Å². The summed E-state index contributed by atoms with van der Waals surface area (Å²) in [4.78, 5) is 10.3. The summed E-state index contributed by atoms with van der Waals surface area (Å²) in [5.74, 6) is 0. The molecule has 1 aliphatic rings. The van der Waals surface area contributed by atoms with Gasteiger partial charge in [0.15, 0.2) is 0 Å². The van der Waals surface area contributed by atoms with Crippen LogP contribution in [0.2, 0.25) is 0 Å². The van der Waals surface area contributed by atoms with E-state index in [0.29, 0.717) is 6.61 Å². The van der Waals surface area contributed by atoms with Crippen LogP contribution in [-0.2, 0) is 9.78 Å². The first-order valence-electron chi connectivity index (χ1n) is 4.57. The van der Waals surface area contributed by atoms with Gasteiger partial charge >= 0.3 is 0 Å². The fraction of sp³-hybridized carbons (Fsp3) is 1.00. The highest BCUT2D eigenvalue weighted by Gasteiger charge is 2.28. The van der Waals surface area contributed by atoms with Crippen LogP contribution in [0.25, 0.3) is 0 Å². The van der Waals surface area contributed by atoms with Crippen molar-refractivity contribution in [1.82, 2.24) is 0 Å². The maximum Gasteiger partial charge on any atom is 0.101 e. The van der Waals surface area contributed by atoms with E-state index in [0.717, 1.165) is 12.8 Å². The Labute approximate surface area is 68.8 Å². The summed E-state index contributed by atoms with van der Waals surface area (Å²) in [6.45, 7) is 4.74. The van der Waals surface area contributed by atoms with Gasteiger partial charge in [-0.3, -0.25) is 0 Å². The van der Waals surface area contributed by atoms with Crippen LogP contribution in [0.5, 0.6) is 0 Å². The quantitative estimate of drug-likeness (QED) is 0.464. The molecular weight excluding hydrogens is 140 g/mol. The zero-order chi connectivity index (χ0) is 8.16. The molecule has 66 valence electrons. The molecule has 0 amide bonds. The van der Waals surface area contributed by atoms with Gasteiger partial charge in [-0.2, -0.15) is 0 Å². The molecule has 2 nitrogen and oxygen atoms in total. The van der Waals surface area contributed by atoms with Crippen LogP contribution < -0.4 is 0 Å². The summed E-state index contributed by atoms with van der Waals surface area (Å²) in [7, 11) is 0. The fourth-order valence-electron chi connectivity index (χ4n) is 1.58. The van der Waals surface area contributed by atoms with Gasteiger partial charge in [0, 0.05) is 0 Å². The summed E-state index contributed by atoms with van der Waals surface area (Å²) in [5, 5.41) is 0. The second-order valence-corrected chi connectivity index (χ2v) is 3.50. The molecule has 0 unspecified atom stereocenters. The third-order valence-corrected chi connectivity index (χ3v) is 2.29. The molecule has 2 heteroatoms. The van der Waals surface area contributed by atoms with Gasteiger partial charge in [-0.05, 0) is 26.7 Å². The minimum Gasteiger partial charge on any atom is -0.236 e. The third kappa shape index (κ3) is 2.80. The van der Waals surface area contributed by atoms with Crippen LogP contribution in [0.4, 0.5) is 0 Å². The van der Waals surface area contributed by atoms with Gasteiger partial charge in [-0.1, -0.05) is 19.3 Å². The van der Waals surface area contributed by atoms with Gasteiger partial charge in [-0.15, -0.1) is 0 Å². The van der Waals surface area contributed by atoms with Gasteiger partial charge in [0.2, 0.25) is 0 Å². The molecule has 0 saturated heterocycles. The first-order chi connectivity index (χ1) is 5.27. The molecule has 0 aromatic heterocycles. The first-order valence-corrected chi connectivity index (χ1v) is 4.57. The Bertz CT molecular complexity index is 106. The lowest BCUT2D eigenvalue weighted by atomic mass is 9.87. The molecule has 0 aromatic carbocycles. The first kappa shape index (κ1) is 9.01. The SMILES string of the molecule is CCOOC1(C)CCCCC1. The Balaban J connectivity index is 2.25. The van der Waals surface area contributed by atoms with E-state index in [1.807, 2.05) is 6.92 Å². The Morgan fingerprint density at radius 1 is 1.18 bits per heavy atom. The molecule has 1 rings (SSSR count). The van der Waals surface area contributed by atoms with E-state index >= 15 is 0 Å². The van der Waals surface area contributed by atoms with Crippen LogP contribution >= 0.6 is 0 Å². The van der Waals surface area contributed by atoms with Gasteiger partial charge in [0.1, 0.15) is 5.60 Å². The Hall–Kier alpha value is -0.0800. The standard InChI is InChI=1S/C9H18O2/c1-3-10-11-9(2)7-5-4-6-8-9/h3-8H2,1-2H3. The molecule has 0 aromatic rings. The molecule has 0 heterocycles. The normalized spacial score (nSPS) is 23.5. The average Bonchev–Trinajstić information content (AvgIpc) is 2.03.